The van der Waals surface area contributed by atoms with Crippen molar-refractivity contribution in [3.8, 4) is 0 Å². The van der Waals surface area contributed by atoms with E-state index in [0.717, 1.165) is 25.7 Å². The minimum atomic E-state index is -0.815. The highest BCUT2D eigenvalue weighted by molar-refractivity contribution is 5.97. The van der Waals surface area contributed by atoms with E-state index in [-0.39, 0.29) is 18.1 Å². The van der Waals surface area contributed by atoms with Crippen LogP contribution in [0.25, 0.3) is 0 Å². The van der Waals surface area contributed by atoms with Gasteiger partial charge >= 0.3 is 5.97 Å². The third-order valence-corrected chi connectivity index (χ3v) is 3.86. The van der Waals surface area contributed by atoms with E-state index in [1.807, 2.05) is 6.08 Å². The van der Waals surface area contributed by atoms with Crippen LogP contribution in [0.15, 0.2) is 17.1 Å². The quantitative estimate of drug-likeness (QED) is 0.785. The Morgan fingerprint density at radius 3 is 2.61 bits per heavy atom. The second-order valence-corrected chi connectivity index (χ2v) is 5.15. The molecule has 1 heterocycles. The van der Waals surface area contributed by atoms with Gasteiger partial charge in [0.25, 0.3) is 0 Å². The first-order valence-corrected chi connectivity index (χ1v) is 6.63. The maximum absolute atomic E-state index is 12.5. The van der Waals surface area contributed by atoms with Gasteiger partial charge in [0.2, 0.25) is 0 Å². The Bertz CT molecular complexity index is 380. The van der Waals surface area contributed by atoms with Crippen LogP contribution in [0.1, 0.15) is 44.9 Å². The first-order chi connectivity index (χ1) is 8.64. The molecule has 0 bridgehead atoms. The number of nitrogens with zero attached hydrogens (tertiary/aromatic N) is 1. The summed E-state index contributed by atoms with van der Waals surface area (Å²) in [6.07, 6.45) is 10.6. The third kappa shape index (κ3) is 2.68. The van der Waals surface area contributed by atoms with E-state index in [4.69, 9.17) is 5.11 Å². The largest absolute Gasteiger partial charge is 0.481 e. The fourth-order valence-corrected chi connectivity index (χ4v) is 2.89. The molecule has 2 aliphatic rings. The van der Waals surface area contributed by atoms with Crippen molar-refractivity contribution >= 4 is 18.0 Å². The van der Waals surface area contributed by atoms with E-state index in [9.17, 15) is 9.59 Å². The number of aliphatic imine (C=N–C) groups is 1. The summed E-state index contributed by atoms with van der Waals surface area (Å²) in [5, 5.41) is 8.68. The van der Waals surface area contributed by atoms with Gasteiger partial charge in [0.15, 0.2) is 5.78 Å². The van der Waals surface area contributed by atoms with Crippen LogP contribution in [-0.2, 0) is 9.59 Å². The van der Waals surface area contributed by atoms with Crippen molar-refractivity contribution in [1.29, 1.82) is 0 Å². The zero-order valence-electron chi connectivity index (χ0n) is 10.5. The van der Waals surface area contributed by atoms with Gasteiger partial charge in [-0.3, -0.25) is 14.6 Å². The highest BCUT2D eigenvalue weighted by Crippen LogP contribution is 2.35. The van der Waals surface area contributed by atoms with E-state index >= 15 is 0 Å². The molecule has 1 N–H and O–H groups in total. The van der Waals surface area contributed by atoms with Crippen LogP contribution in [-0.4, -0.2) is 28.6 Å². The third-order valence-electron chi connectivity index (χ3n) is 3.86. The van der Waals surface area contributed by atoms with Gasteiger partial charge in [-0.1, -0.05) is 12.8 Å². The maximum atomic E-state index is 12.5. The van der Waals surface area contributed by atoms with E-state index in [0.29, 0.717) is 12.8 Å². The topological polar surface area (TPSA) is 66.7 Å². The molecule has 4 nitrogen and oxygen atoms in total. The first kappa shape index (κ1) is 13.0. The lowest BCUT2D eigenvalue weighted by Gasteiger charge is -2.25. The molecule has 0 aromatic heterocycles. The fourth-order valence-electron chi connectivity index (χ4n) is 2.89. The molecule has 0 amide bonds. The van der Waals surface area contributed by atoms with Gasteiger partial charge in [0, 0.05) is 18.6 Å². The highest BCUT2D eigenvalue weighted by Gasteiger charge is 2.40. The van der Waals surface area contributed by atoms with E-state index < -0.39 is 11.5 Å². The van der Waals surface area contributed by atoms with Gasteiger partial charge < -0.3 is 5.11 Å². The minimum Gasteiger partial charge on any atom is -0.481 e. The van der Waals surface area contributed by atoms with Crippen molar-refractivity contribution in [2.75, 3.05) is 0 Å². The molecule has 0 saturated heterocycles. The molecule has 98 valence electrons. The summed E-state index contributed by atoms with van der Waals surface area (Å²) in [5.41, 5.74) is -0.759. The van der Waals surface area contributed by atoms with Gasteiger partial charge in [-0.15, -0.1) is 0 Å². The van der Waals surface area contributed by atoms with Crippen LogP contribution in [0.4, 0.5) is 0 Å². The van der Waals surface area contributed by atoms with Crippen molar-refractivity contribution in [2.45, 2.75) is 50.5 Å². The molecule has 0 aromatic carbocycles. The number of allylic oxidation sites excluding steroid dienone is 1. The van der Waals surface area contributed by atoms with Crippen LogP contribution < -0.4 is 0 Å². The maximum Gasteiger partial charge on any atom is 0.303 e. The van der Waals surface area contributed by atoms with E-state index in [1.54, 1.807) is 12.3 Å². The molecule has 0 aromatic rings. The molecular weight excluding hydrogens is 230 g/mol. The lowest BCUT2D eigenvalue weighted by Crippen LogP contribution is -2.37. The number of Topliss-reactive ketones (excluding diaryl/α,β-unsaturated/α-hetero) is 1. The standard InChI is InChI=1S/C14H19NO3/c16-12(17)7-3-8-14(9-4-10-15-14)13(18)11-5-1-2-6-11/h4,9-11H,1-3,5-8H2,(H,16,17). The van der Waals surface area contributed by atoms with Crippen molar-refractivity contribution in [1.82, 2.24) is 0 Å². The van der Waals surface area contributed by atoms with Gasteiger partial charge in [-0.25, -0.2) is 0 Å². The summed E-state index contributed by atoms with van der Waals surface area (Å²) in [6.45, 7) is 0. The number of carboxylic acids is 1. The van der Waals surface area contributed by atoms with Gasteiger partial charge in [-0.2, -0.15) is 0 Å². The number of carbonyl (C=O) groups excluding carboxylic acids is 1. The van der Waals surface area contributed by atoms with E-state index in [1.165, 1.54) is 0 Å². The molecule has 4 heteroatoms. The molecule has 1 saturated carbocycles. The van der Waals surface area contributed by atoms with Gasteiger partial charge in [0.1, 0.15) is 5.54 Å². The Morgan fingerprint density at radius 1 is 1.33 bits per heavy atom. The molecule has 1 atom stereocenters. The fraction of sp³-hybridized carbons (Fsp3) is 0.643. The Balaban J connectivity index is 2.02. The molecule has 1 fully saturated rings. The van der Waals surface area contributed by atoms with Gasteiger partial charge in [0.05, 0.1) is 0 Å². The average Bonchev–Trinajstić information content (AvgIpc) is 2.99. The number of carbonyl (C=O) groups is 2. The van der Waals surface area contributed by atoms with Crippen molar-refractivity contribution in [3.63, 3.8) is 0 Å². The van der Waals surface area contributed by atoms with Crippen LogP contribution in [0.2, 0.25) is 0 Å². The summed E-state index contributed by atoms with van der Waals surface area (Å²) in [6, 6.07) is 0. The zero-order chi connectivity index (χ0) is 13.0. The monoisotopic (exact) mass is 249 g/mol. The Hall–Kier alpha value is -1.45. The number of rotatable bonds is 6. The SMILES string of the molecule is O=C(O)CCCC1(C(=O)C2CCCC2)C=CC=N1. The Morgan fingerprint density at radius 2 is 2.06 bits per heavy atom. The summed E-state index contributed by atoms with van der Waals surface area (Å²) >= 11 is 0. The summed E-state index contributed by atoms with van der Waals surface area (Å²) in [5.74, 6) is -0.505. The normalized spacial score (nSPS) is 26.9. The van der Waals surface area contributed by atoms with Crippen molar-refractivity contribution in [2.24, 2.45) is 10.9 Å². The van der Waals surface area contributed by atoms with E-state index in [2.05, 4.69) is 4.99 Å². The Kier molecular flexibility index (Phi) is 3.94. The van der Waals surface area contributed by atoms with Crippen LogP contribution in [0.5, 0.6) is 0 Å². The first-order valence-electron chi connectivity index (χ1n) is 6.63. The molecule has 0 radical (unpaired) electrons. The van der Waals surface area contributed by atoms with Gasteiger partial charge in [-0.05, 0) is 37.8 Å². The molecule has 1 aliphatic heterocycles. The lowest BCUT2D eigenvalue weighted by molar-refractivity contribution is -0.137. The van der Waals surface area contributed by atoms with Crippen molar-refractivity contribution in [3.05, 3.63) is 12.2 Å². The number of hydrogen-bond acceptors (Lipinski definition) is 3. The van der Waals surface area contributed by atoms with Crippen molar-refractivity contribution < 1.29 is 14.7 Å². The second-order valence-electron chi connectivity index (χ2n) is 5.15. The molecule has 2 rings (SSSR count). The number of aliphatic carboxylic acids is 1. The smallest absolute Gasteiger partial charge is 0.303 e. The molecule has 0 spiro atoms. The van der Waals surface area contributed by atoms with Crippen LogP contribution >= 0.6 is 0 Å². The lowest BCUT2D eigenvalue weighted by atomic mass is 9.82. The second kappa shape index (κ2) is 5.46. The number of hydrogen-bond donors (Lipinski definition) is 1. The zero-order valence-corrected chi connectivity index (χ0v) is 10.5. The summed E-state index contributed by atoms with van der Waals surface area (Å²) in [4.78, 5) is 27.4. The average molecular weight is 249 g/mol. The minimum absolute atomic E-state index is 0.100. The highest BCUT2D eigenvalue weighted by atomic mass is 16.4. The summed E-state index contributed by atoms with van der Waals surface area (Å²) in [7, 11) is 0. The number of carboxylic acid groups (broad SMARTS) is 1. The molecule has 1 aliphatic carbocycles. The molecular formula is C14H19NO3. The summed E-state index contributed by atoms with van der Waals surface area (Å²) < 4.78 is 0. The molecule has 18 heavy (non-hydrogen) atoms. The Labute approximate surface area is 107 Å². The van der Waals surface area contributed by atoms with Crippen LogP contribution in [0.3, 0.4) is 0 Å². The predicted octanol–water partition coefficient (Wildman–Crippen LogP) is 2.38. The number of ketones is 1. The molecule has 1 unspecified atom stereocenters. The van der Waals surface area contributed by atoms with Crippen LogP contribution in [0, 0.1) is 5.92 Å². The predicted molar refractivity (Wildman–Crippen MR) is 68.8 cm³/mol.